The summed E-state index contributed by atoms with van der Waals surface area (Å²) in [5, 5.41) is 11.3. The molecule has 1 aliphatic rings. The smallest absolute Gasteiger partial charge is 0.269 e. The highest BCUT2D eigenvalue weighted by Crippen LogP contribution is 2.20. The summed E-state index contributed by atoms with van der Waals surface area (Å²) in [4.78, 5) is 17.9. The monoisotopic (exact) mass is 438 g/mol. The molecule has 0 spiro atoms. The summed E-state index contributed by atoms with van der Waals surface area (Å²) >= 11 is 3.44. The molecule has 0 saturated carbocycles. The second-order valence-electron chi connectivity index (χ2n) is 6.66. The van der Waals surface area contributed by atoms with E-state index in [2.05, 4.69) is 50.6 Å². The predicted octanol–water partition coefficient (Wildman–Crippen LogP) is 4.13. The van der Waals surface area contributed by atoms with Crippen molar-refractivity contribution in [3.8, 4) is 0 Å². The molecule has 1 aromatic heterocycles. The Morgan fingerprint density at radius 2 is 2.11 bits per heavy atom. The zero-order valence-corrected chi connectivity index (χ0v) is 16.9. The molecule has 0 aliphatic carbocycles. The van der Waals surface area contributed by atoms with Crippen LogP contribution >= 0.6 is 15.9 Å². The predicted molar refractivity (Wildman–Crippen MR) is 111 cm³/mol. The first-order chi connectivity index (χ1) is 13.6. The number of rotatable bonds is 5. The van der Waals surface area contributed by atoms with E-state index in [1.54, 1.807) is 10.7 Å². The van der Waals surface area contributed by atoms with Crippen LogP contribution in [-0.4, -0.2) is 27.5 Å². The van der Waals surface area contributed by atoms with Gasteiger partial charge in [0, 0.05) is 28.7 Å². The number of carbonyl (C=O) groups is 1. The Morgan fingerprint density at radius 1 is 1.25 bits per heavy atom. The van der Waals surface area contributed by atoms with Crippen molar-refractivity contribution >= 4 is 33.4 Å². The summed E-state index contributed by atoms with van der Waals surface area (Å²) < 4.78 is 2.76. The Kier molecular flexibility index (Phi) is 5.25. The van der Waals surface area contributed by atoms with Gasteiger partial charge in [0.2, 0.25) is 6.10 Å². The Hall–Kier alpha value is -2.93. The van der Waals surface area contributed by atoms with Crippen LogP contribution < -0.4 is 5.32 Å². The number of hydrogen-bond donors (Lipinski definition) is 1. The Bertz CT molecular complexity index is 1040. The van der Waals surface area contributed by atoms with Gasteiger partial charge in [-0.2, -0.15) is 5.10 Å². The lowest BCUT2D eigenvalue weighted by atomic mass is 10.0. The summed E-state index contributed by atoms with van der Waals surface area (Å²) in [5.41, 5.74) is 4.09. The van der Waals surface area contributed by atoms with Crippen LogP contribution in [-0.2, 0) is 16.2 Å². The molecule has 3 aromatic rings. The lowest BCUT2D eigenvalue weighted by Crippen LogP contribution is -2.28. The molecule has 0 fully saturated rings. The van der Waals surface area contributed by atoms with Crippen molar-refractivity contribution in [3.63, 3.8) is 0 Å². The molecular formula is C21H19BrN4O2. The van der Waals surface area contributed by atoms with Gasteiger partial charge in [-0.25, -0.2) is 0 Å². The minimum absolute atomic E-state index is 0.255. The molecule has 1 N–H and O–H groups in total. The lowest BCUT2D eigenvalue weighted by molar-refractivity contribution is -0.125. The number of oxime groups is 1. The number of hydrogen-bond acceptors (Lipinski definition) is 4. The Morgan fingerprint density at radius 3 is 2.93 bits per heavy atom. The van der Waals surface area contributed by atoms with Gasteiger partial charge in [0.25, 0.3) is 5.91 Å². The third kappa shape index (κ3) is 4.14. The fourth-order valence-corrected chi connectivity index (χ4v) is 3.44. The van der Waals surface area contributed by atoms with E-state index < -0.39 is 6.10 Å². The maximum atomic E-state index is 12.5. The van der Waals surface area contributed by atoms with Crippen LogP contribution in [0, 0.1) is 6.92 Å². The van der Waals surface area contributed by atoms with Gasteiger partial charge < -0.3 is 10.2 Å². The minimum Gasteiger partial charge on any atom is -0.382 e. The number of anilines is 1. The summed E-state index contributed by atoms with van der Waals surface area (Å²) in [6.07, 6.45) is 1.61. The van der Waals surface area contributed by atoms with Crippen molar-refractivity contribution in [2.24, 2.45) is 5.16 Å². The van der Waals surface area contributed by atoms with Gasteiger partial charge in [0.1, 0.15) is 0 Å². The van der Waals surface area contributed by atoms with Gasteiger partial charge in [-0.3, -0.25) is 9.48 Å². The number of aryl methyl sites for hydroxylation is 1. The average molecular weight is 439 g/mol. The van der Waals surface area contributed by atoms with Gasteiger partial charge in [-0.05, 0) is 30.2 Å². The molecule has 7 heteroatoms. The highest BCUT2D eigenvalue weighted by atomic mass is 79.9. The number of carbonyl (C=O) groups excluding carboxylic acids is 1. The quantitative estimate of drug-likeness (QED) is 0.650. The highest BCUT2D eigenvalue weighted by Gasteiger charge is 2.29. The van der Waals surface area contributed by atoms with Gasteiger partial charge in [-0.15, -0.1) is 0 Å². The molecule has 2 aromatic carbocycles. The van der Waals surface area contributed by atoms with E-state index >= 15 is 0 Å². The summed E-state index contributed by atoms with van der Waals surface area (Å²) in [5.74, 6) is 0.243. The molecular weight excluding hydrogens is 420 g/mol. The van der Waals surface area contributed by atoms with E-state index in [1.807, 2.05) is 42.6 Å². The number of aromatic nitrogens is 2. The van der Waals surface area contributed by atoms with Crippen LogP contribution in [0.3, 0.4) is 0 Å². The second kappa shape index (κ2) is 7.98. The van der Waals surface area contributed by atoms with Crippen molar-refractivity contribution in [1.29, 1.82) is 0 Å². The zero-order chi connectivity index (χ0) is 19.5. The first kappa shape index (κ1) is 18.4. The first-order valence-electron chi connectivity index (χ1n) is 8.96. The summed E-state index contributed by atoms with van der Waals surface area (Å²) in [7, 11) is 0. The van der Waals surface area contributed by atoms with Crippen LogP contribution in [0.4, 0.5) is 5.82 Å². The minimum atomic E-state index is -0.657. The average Bonchev–Trinajstić information content (AvgIpc) is 3.33. The van der Waals surface area contributed by atoms with Gasteiger partial charge in [-0.1, -0.05) is 57.5 Å². The normalized spacial score (nSPS) is 15.8. The van der Waals surface area contributed by atoms with Crippen LogP contribution in [0.1, 0.15) is 23.1 Å². The first-order valence-corrected chi connectivity index (χ1v) is 9.75. The zero-order valence-electron chi connectivity index (χ0n) is 15.3. The number of halogens is 1. The van der Waals surface area contributed by atoms with Crippen LogP contribution in [0.25, 0.3) is 0 Å². The van der Waals surface area contributed by atoms with E-state index in [-0.39, 0.29) is 5.91 Å². The third-order valence-electron chi connectivity index (χ3n) is 4.60. The molecule has 2 heterocycles. The van der Waals surface area contributed by atoms with E-state index in [4.69, 9.17) is 4.84 Å². The van der Waals surface area contributed by atoms with E-state index in [0.717, 1.165) is 15.7 Å². The molecule has 28 heavy (non-hydrogen) atoms. The topological polar surface area (TPSA) is 68.5 Å². The molecule has 1 atom stereocenters. The van der Waals surface area contributed by atoms with Gasteiger partial charge >= 0.3 is 0 Å². The highest BCUT2D eigenvalue weighted by molar-refractivity contribution is 9.10. The molecule has 0 saturated heterocycles. The van der Waals surface area contributed by atoms with Crippen molar-refractivity contribution < 1.29 is 9.63 Å². The molecule has 0 unspecified atom stereocenters. The number of nitrogens with zero attached hydrogens (tertiary/aromatic N) is 3. The number of benzene rings is 2. The van der Waals surface area contributed by atoms with Crippen molar-refractivity contribution in [2.45, 2.75) is 26.0 Å². The van der Waals surface area contributed by atoms with Gasteiger partial charge in [0.15, 0.2) is 5.82 Å². The molecule has 142 valence electrons. The van der Waals surface area contributed by atoms with Crippen molar-refractivity contribution in [1.82, 2.24) is 9.78 Å². The second-order valence-corrected chi connectivity index (χ2v) is 7.58. The fourth-order valence-electron chi connectivity index (χ4n) is 3.04. The van der Waals surface area contributed by atoms with Crippen molar-refractivity contribution in [2.75, 3.05) is 5.32 Å². The molecule has 6 nitrogen and oxygen atoms in total. The van der Waals surface area contributed by atoms with Crippen LogP contribution in [0.5, 0.6) is 0 Å². The van der Waals surface area contributed by atoms with E-state index in [0.29, 0.717) is 18.8 Å². The lowest BCUT2D eigenvalue weighted by Gasteiger charge is -2.08. The van der Waals surface area contributed by atoms with E-state index in [9.17, 15) is 4.79 Å². The van der Waals surface area contributed by atoms with Crippen LogP contribution in [0.2, 0.25) is 0 Å². The molecule has 4 rings (SSSR count). The summed E-state index contributed by atoms with van der Waals surface area (Å²) in [6, 6.07) is 17.7. The molecule has 0 bridgehead atoms. The number of nitrogens with one attached hydrogen (secondary N) is 1. The Labute approximate surface area is 171 Å². The largest absolute Gasteiger partial charge is 0.382 e. The van der Waals surface area contributed by atoms with Crippen molar-refractivity contribution in [3.05, 3.63) is 82.0 Å². The van der Waals surface area contributed by atoms with Crippen LogP contribution in [0.15, 0.2) is 70.4 Å². The third-order valence-corrected chi connectivity index (χ3v) is 5.10. The van der Waals surface area contributed by atoms with E-state index in [1.165, 1.54) is 11.1 Å². The fraction of sp³-hybridized carbons (Fsp3) is 0.190. The molecule has 0 radical (unpaired) electrons. The Balaban J connectivity index is 1.36. The maximum absolute atomic E-state index is 12.5. The summed E-state index contributed by atoms with van der Waals surface area (Å²) in [6.45, 7) is 2.72. The molecule has 1 amide bonds. The van der Waals surface area contributed by atoms with Gasteiger partial charge in [0.05, 0.1) is 12.3 Å². The maximum Gasteiger partial charge on any atom is 0.269 e. The SMILES string of the molecule is Cc1ccccc1Cn1ccc(NC(=O)[C@@H]2CC(c3cccc(Br)c3)=NO2)n1. The number of amides is 1. The molecule has 1 aliphatic heterocycles. The standard InChI is InChI=1S/C21H19BrN4O2/c1-14-5-2-3-6-16(14)13-26-10-9-20(24-26)23-21(27)19-12-18(25-28-19)15-7-4-8-17(22)11-15/h2-11,19H,12-13H2,1H3,(H,23,24,27)/t19-/m0/s1.